The van der Waals surface area contributed by atoms with Gasteiger partial charge in [0.25, 0.3) is 5.89 Å². The Bertz CT molecular complexity index is 742. The Labute approximate surface area is 108 Å². The molecule has 0 aliphatic heterocycles. The van der Waals surface area contributed by atoms with E-state index in [1.165, 1.54) is 0 Å². The Morgan fingerprint density at radius 1 is 1.32 bits per heavy atom. The van der Waals surface area contributed by atoms with Crippen molar-refractivity contribution in [3.05, 3.63) is 36.6 Å². The van der Waals surface area contributed by atoms with E-state index in [1.807, 2.05) is 28.9 Å². The molecule has 3 aromatic heterocycles. The van der Waals surface area contributed by atoms with Crippen LogP contribution in [-0.4, -0.2) is 24.6 Å². The van der Waals surface area contributed by atoms with Crippen molar-refractivity contribution in [3.8, 4) is 11.4 Å². The zero-order valence-corrected chi connectivity index (χ0v) is 10.2. The van der Waals surface area contributed by atoms with Gasteiger partial charge in [-0.15, -0.1) is 0 Å². The van der Waals surface area contributed by atoms with Crippen LogP contribution >= 0.6 is 0 Å². The largest absolute Gasteiger partial charge is 0.380 e. The number of fused-ring (bicyclic) bond motifs is 1. The van der Waals surface area contributed by atoms with E-state index in [0.717, 1.165) is 17.6 Å². The van der Waals surface area contributed by atoms with E-state index in [2.05, 4.69) is 15.1 Å². The van der Waals surface area contributed by atoms with Gasteiger partial charge in [0, 0.05) is 18.6 Å². The fraction of sp³-hybridized carbons (Fsp3) is 0.308. The molecule has 0 radical (unpaired) electrons. The predicted molar refractivity (Wildman–Crippen MR) is 66.2 cm³/mol. The highest BCUT2D eigenvalue weighted by Crippen LogP contribution is 2.40. The van der Waals surface area contributed by atoms with E-state index in [9.17, 15) is 5.11 Å². The first-order valence-corrected chi connectivity index (χ1v) is 6.25. The fourth-order valence-corrected chi connectivity index (χ4v) is 2.37. The number of hydrogen-bond donors (Lipinski definition) is 1. The standard InChI is InChI=1S/C13H12N4O2/c18-13(4-2-5-13)12-15-10(16-19-12)9-3-1-7-17-8-6-14-11(9)17/h1,3,6-8,18H,2,4-5H2. The molecule has 96 valence electrons. The first-order chi connectivity index (χ1) is 9.26. The molecule has 3 heterocycles. The SMILES string of the molecule is OC1(c2nc(-c3cccn4ccnc34)no2)CCC1. The van der Waals surface area contributed by atoms with Crippen molar-refractivity contribution >= 4 is 5.65 Å². The lowest BCUT2D eigenvalue weighted by Crippen LogP contribution is -2.33. The lowest BCUT2D eigenvalue weighted by Gasteiger charge is -2.32. The molecule has 0 bridgehead atoms. The van der Waals surface area contributed by atoms with Crippen LogP contribution < -0.4 is 0 Å². The Morgan fingerprint density at radius 2 is 2.21 bits per heavy atom. The molecule has 1 aliphatic carbocycles. The summed E-state index contributed by atoms with van der Waals surface area (Å²) in [6.07, 6.45) is 7.85. The summed E-state index contributed by atoms with van der Waals surface area (Å²) >= 11 is 0. The Balaban J connectivity index is 1.82. The average Bonchev–Trinajstić information content (AvgIpc) is 3.04. The summed E-state index contributed by atoms with van der Waals surface area (Å²) in [4.78, 5) is 8.60. The molecule has 1 saturated carbocycles. The third-order valence-corrected chi connectivity index (χ3v) is 3.66. The van der Waals surface area contributed by atoms with Crippen molar-refractivity contribution in [1.82, 2.24) is 19.5 Å². The quantitative estimate of drug-likeness (QED) is 0.756. The lowest BCUT2D eigenvalue weighted by molar-refractivity contribution is -0.0646. The Kier molecular flexibility index (Phi) is 2.05. The maximum absolute atomic E-state index is 10.2. The summed E-state index contributed by atoms with van der Waals surface area (Å²) in [6.45, 7) is 0. The molecule has 0 spiro atoms. The Morgan fingerprint density at radius 3 is 3.00 bits per heavy atom. The minimum atomic E-state index is -0.925. The van der Waals surface area contributed by atoms with Crippen LogP contribution in [0.5, 0.6) is 0 Å². The van der Waals surface area contributed by atoms with Crippen molar-refractivity contribution in [2.24, 2.45) is 0 Å². The Hall–Kier alpha value is -2.21. The van der Waals surface area contributed by atoms with Gasteiger partial charge in [-0.25, -0.2) is 4.98 Å². The smallest absolute Gasteiger partial charge is 0.258 e. The number of aliphatic hydroxyl groups is 1. The van der Waals surface area contributed by atoms with Crippen molar-refractivity contribution in [2.45, 2.75) is 24.9 Å². The van der Waals surface area contributed by atoms with Gasteiger partial charge in [0.1, 0.15) is 11.2 Å². The molecule has 1 N–H and O–H groups in total. The van der Waals surface area contributed by atoms with Gasteiger partial charge >= 0.3 is 0 Å². The summed E-state index contributed by atoms with van der Waals surface area (Å²) in [7, 11) is 0. The second-order valence-electron chi connectivity index (χ2n) is 4.89. The highest BCUT2D eigenvalue weighted by atomic mass is 16.5. The average molecular weight is 256 g/mol. The second kappa shape index (κ2) is 3.64. The normalized spacial score (nSPS) is 17.5. The molecule has 19 heavy (non-hydrogen) atoms. The maximum atomic E-state index is 10.2. The molecule has 1 aliphatic rings. The molecule has 6 nitrogen and oxygen atoms in total. The molecule has 0 saturated heterocycles. The molecule has 0 unspecified atom stereocenters. The van der Waals surface area contributed by atoms with Gasteiger partial charge in [0.05, 0.1) is 5.56 Å². The number of pyridine rings is 1. The molecular weight excluding hydrogens is 244 g/mol. The number of hydrogen-bond acceptors (Lipinski definition) is 5. The number of imidazole rings is 1. The molecule has 0 amide bonds. The first-order valence-electron chi connectivity index (χ1n) is 6.25. The highest BCUT2D eigenvalue weighted by Gasteiger charge is 2.41. The second-order valence-corrected chi connectivity index (χ2v) is 4.89. The van der Waals surface area contributed by atoms with Crippen molar-refractivity contribution < 1.29 is 9.63 Å². The summed E-state index contributed by atoms with van der Waals surface area (Å²) in [6, 6.07) is 3.79. The molecule has 4 rings (SSSR count). The summed E-state index contributed by atoms with van der Waals surface area (Å²) in [5.74, 6) is 0.773. The van der Waals surface area contributed by atoms with Gasteiger partial charge in [0.15, 0.2) is 0 Å². The third-order valence-electron chi connectivity index (χ3n) is 3.66. The van der Waals surface area contributed by atoms with Crippen LogP contribution in [0.25, 0.3) is 17.0 Å². The minimum absolute atomic E-state index is 0.308. The molecule has 6 heteroatoms. The molecule has 0 aromatic carbocycles. The van der Waals surface area contributed by atoms with Gasteiger partial charge in [0.2, 0.25) is 5.82 Å². The van der Waals surface area contributed by atoms with E-state index in [1.54, 1.807) is 6.20 Å². The van der Waals surface area contributed by atoms with Gasteiger partial charge < -0.3 is 14.0 Å². The van der Waals surface area contributed by atoms with Gasteiger partial charge in [-0.05, 0) is 31.4 Å². The van der Waals surface area contributed by atoms with Gasteiger partial charge in [-0.2, -0.15) is 4.98 Å². The zero-order valence-electron chi connectivity index (χ0n) is 10.2. The molecule has 0 atom stereocenters. The number of nitrogens with zero attached hydrogens (tertiary/aromatic N) is 4. The van der Waals surface area contributed by atoms with Crippen LogP contribution in [-0.2, 0) is 5.60 Å². The van der Waals surface area contributed by atoms with Crippen LogP contribution in [0.4, 0.5) is 0 Å². The molecule has 1 fully saturated rings. The van der Waals surface area contributed by atoms with Gasteiger partial charge in [-0.1, -0.05) is 5.16 Å². The molecular formula is C13H12N4O2. The number of aromatic nitrogens is 4. The maximum Gasteiger partial charge on any atom is 0.258 e. The van der Waals surface area contributed by atoms with Crippen LogP contribution in [0, 0.1) is 0 Å². The zero-order chi connectivity index (χ0) is 12.9. The monoisotopic (exact) mass is 256 g/mol. The highest BCUT2D eigenvalue weighted by molar-refractivity contribution is 5.72. The van der Waals surface area contributed by atoms with Crippen molar-refractivity contribution in [1.29, 1.82) is 0 Å². The van der Waals surface area contributed by atoms with E-state index >= 15 is 0 Å². The van der Waals surface area contributed by atoms with Gasteiger partial charge in [-0.3, -0.25) is 0 Å². The van der Waals surface area contributed by atoms with Crippen LogP contribution in [0.15, 0.2) is 35.2 Å². The van der Waals surface area contributed by atoms with Crippen LogP contribution in [0.3, 0.4) is 0 Å². The van der Waals surface area contributed by atoms with Crippen LogP contribution in [0.1, 0.15) is 25.2 Å². The van der Waals surface area contributed by atoms with Crippen LogP contribution in [0.2, 0.25) is 0 Å². The minimum Gasteiger partial charge on any atom is -0.380 e. The number of rotatable bonds is 2. The fourth-order valence-electron chi connectivity index (χ4n) is 2.37. The third kappa shape index (κ3) is 1.50. The van der Waals surface area contributed by atoms with E-state index in [0.29, 0.717) is 24.6 Å². The molecule has 3 aromatic rings. The topological polar surface area (TPSA) is 76.5 Å². The van der Waals surface area contributed by atoms with E-state index in [4.69, 9.17) is 4.52 Å². The summed E-state index contributed by atoms with van der Waals surface area (Å²) < 4.78 is 7.10. The summed E-state index contributed by atoms with van der Waals surface area (Å²) in [5, 5.41) is 14.2. The predicted octanol–water partition coefficient (Wildman–Crippen LogP) is 1.76. The van der Waals surface area contributed by atoms with Crippen molar-refractivity contribution in [2.75, 3.05) is 0 Å². The summed E-state index contributed by atoms with van der Waals surface area (Å²) in [5.41, 5.74) is 0.645. The van der Waals surface area contributed by atoms with E-state index in [-0.39, 0.29) is 0 Å². The van der Waals surface area contributed by atoms with E-state index < -0.39 is 5.60 Å². The first kappa shape index (κ1) is 10.7. The van der Waals surface area contributed by atoms with Crippen molar-refractivity contribution in [3.63, 3.8) is 0 Å². The lowest BCUT2D eigenvalue weighted by atomic mass is 9.80.